The van der Waals surface area contributed by atoms with Gasteiger partial charge in [-0.15, -0.1) is 0 Å². The van der Waals surface area contributed by atoms with Crippen LogP contribution in [0.5, 0.6) is 0 Å². The van der Waals surface area contributed by atoms with Crippen LogP contribution >= 0.6 is 11.8 Å². The molecule has 4 aromatic rings. The quantitative estimate of drug-likeness (QED) is 0.382. The molecule has 0 amide bonds. The van der Waals surface area contributed by atoms with Crippen molar-refractivity contribution in [2.24, 2.45) is 0 Å². The Morgan fingerprint density at radius 3 is 2.38 bits per heavy atom. The summed E-state index contributed by atoms with van der Waals surface area (Å²) in [5.74, 6) is 0.572. The highest BCUT2D eigenvalue weighted by molar-refractivity contribution is 7.99. The monoisotopic (exact) mass is 406 g/mol. The molecule has 2 heterocycles. The maximum atomic E-state index is 13.0. The number of nitrogens with one attached hydrogen (secondary N) is 1. The minimum Gasteiger partial charge on any atom is -0.309 e. The van der Waals surface area contributed by atoms with E-state index < -0.39 is 0 Å². The van der Waals surface area contributed by atoms with E-state index in [0.717, 1.165) is 12.8 Å². The molecule has 0 saturated carbocycles. The molecule has 7 heteroatoms. The Morgan fingerprint density at radius 2 is 1.66 bits per heavy atom. The van der Waals surface area contributed by atoms with Gasteiger partial charge in [0, 0.05) is 6.54 Å². The summed E-state index contributed by atoms with van der Waals surface area (Å²) in [5.41, 5.74) is 1.15. The third-order valence-corrected chi connectivity index (χ3v) is 5.96. The number of unbranched alkanes of at least 4 members (excludes halogenated alkanes) is 1. The van der Waals surface area contributed by atoms with Crippen LogP contribution in [-0.2, 0) is 6.54 Å². The number of nitrogens with zero attached hydrogens (tertiary/aromatic N) is 3. The molecule has 6 nitrogen and oxygen atoms in total. The molecule has 0 saturated heterocycles. The molecule has 0 aliphatic heterocycles. The van der Waals surface area contributed by atoms with Crippen molar-refractivity contribution in [2.75, 3.05) is 0 Å². The summed E-state index contributed by atoms with van der Waals surface area (Å²) < 4.78 is 1.74. The number of fused-ring (bicyclic) bond motifs is 2. The zero-order chi connectivity index (χ0) is 20.4. The van der Waals surface area contributed by atoms with Crippen LogP contribution in [0.4, 0.5) is 0 Å². The molecule has 0 aliphatic carbocycles. The number of rotatable bonds is 6. The molecule has 2 aromatic carbocycles. The number of para-hydroxylation sites is 2. The van der Waals surface area contributed by atoms with Crippen molar-refractivity contribution in [2.45, 2.75) is 43.6 Å². The largest absolute Gasteiger partial charge is 0.309 e. The predicted octanol–water partition coefficient (Wildman–Crippen LogP) is 4.29. The molecule has 0 spiro atoms. The molecular formula is C22H22N4O2S. The maximum Gasteiger partial charge on any atom is 0.262 e. The minimum absolute atomic E-state index is 0.0290. The van der Waals surface area contributed by atoms with Crippen LogP contribution in [0.2, 0.25) is 0 Å². The van der Waals surface area contributed by atoms with E-state index >= 15 is 0 Å². The van der Waals surface area contributed by atoms with E-state index in [4.69, 9.17) is 4.98 Å². The standard InChI is InChI=1S/C22H22N4O2S/c1-3-4-13-26-21(28)16-10-6-8-12-18(16)24-22(26)29-14(2)19-23-17-11-7-5-9-15(17)20(27)25-19/h5-12,14H,3-4,13H2,1-2H3,(H,23,25,27)/t14-/m1/s1. The Morgan fingerprint density at radius 1 is 1.00 bits per heavy atom. The van der Waals surface area contributed by atoms with Gasteiger partial charge < -0.3 is 4.98 Å². The molecule has 0 radical (unpaired) electrons. The number of H-pyrrole nitrogens is 1. The third kappa shape index (κ3) is 3.82. The van der Waals surface area contributed by atoms with E-state index in [0.29, 0.717) is 39.3 Å². The summed E-state index contributed by atoms with van der Waals surface area (Å²) in [7, 11) is 0. The molecule has 0 fully saturated rings. The van der Waals surface area contributed by atoms with E-state index in [1.54, 1.807) is 10.6 Å². The van der Waals surface area contributed by atoms with E-state index in [1.807, 2.05) is 49.4 Å². The Hall–Kier alpha value is -2.93. The fraction of sp³-hybridized carbons (Fsp3) is 0.273. The number of thioether (sulfide) groups is 1. The van der Waals surface area contributed by atoms with Gasteiger partial charge in [-0.3, -0.25) is 14.2 Å². The average Bonchev–Trinajstić information content (AvgIpc) is 2.73. The van der Waals surface area contributed by atoms with E-state index in [9.17, 15) is 9.59 Å². The fourth-order valence-electron chi connectivity index (χ4n) is 3.26. The van der Waals surface area contributed by atoms with Crippen LogP contribution < -0.4 is 11.1 Å². The van der Waals surface area contributed by atoms with Gasteiger partial charge in [0.1, 0.15) is 5.82 Å². The molecule has 2 aromatic heterocycles. The van der Waals surface area contributed by atoms with Crippen molar-refractivity contribution in [1.29, 1.82) is 0 Å². The highest BCUT2D eigenvalue weighted by Crippen LogP contribution is 2.32. The Balaban J connectivity index is 1.76. The van der Waals surface area contributed by atoms with Crippen LogP contribution in [0.1, 0.15) is 37.8 Å². The summed E-state index contributed by atoms with van der Waals surface area (Å²) in [6.07, 6.45) is 1.88. The zero-order valence-corrected chi connectivity index (χ0v) is 17.2. The maximum absolute atomic E-state index is 13.0. The molecular weight excluding hydrogens is 384 g/mol. The summed E-state index contributed by atoms with van der Waals surface area (Å²) in [6, 6.07) is 14.7. The first-order chi connectivity index (χ1) is 14.1. The van der Waals surface area contributed by atoms with Gasteiger partial charge in [0.25, 0.3) is 11.1 Å². The lowest BCUT2D eigenvalue weighted by Crippen LogP contribution is -2.24. The lowest BCUT2D eigenvalue weighted by atomic mass is 10.2. The number of aromatic amines is 1. The Labute approximate surface area is 172 Å². The van der Waals surface area contributed by atoms with Gasteiger partial charge in [0.05, 0.1) is 27.1 Å². The highest BCUT2D eigenvalue weighted by Gasteiger charge is 2.18. The zero-order valence-electron chi connectivity index (χ0n) is 16.4. The van der Waals surface area contributed by atoms with Crippen LogP contribution in [-0.4, -0.2) is 19.5 Å². The van der Waals surface area contributed by atoms with Crippen molar-refractivity contribution >= 4 is 33.6 Å². The number of hydrogen-bond donors (Lipinski definition) is 1. The SMILES string of the molecule is CCCCn1c(S[C@H](C)c2nc3ccccc3c(=O)[nH]2)nc2ccccc2c1=O. The van der Waals surface area contributed by atoms with Gasteiger partial charge in [0.15, 0.2) is 5.16 Å². The van der Waals surface area contributed by atoms with Gasteiger partial charge in [-0.05, 0) is 37.6 Å². The van der Waals surface area contributed by atoms with Crippen molar-refractivity contribution in [1.82, 2.24) is 19.5 Å². The van der Waals surface area contributed by atoms with Gasteiger partial charge in [-0.2, -0.15) is 0 Å². The summed E-state index contributed by atoms with van der Waals surface area (Å²) in [6.45, 7) is 4.67. The van der Waals surface area contributed by atoms with Gasteiger partial charge in [0.2, 0.25) is 0 Å². The second-order valence-electron chi connectivity index (χ2n) is 6.95. The van der Waals surface area contributed by atoms with Crippen LogP contribution in [0.3, 0.4) is 0 Å². The molecule has 1 atom stereocenters. The van der Waals surface area contributed by atoms with Gasteiger partial charge >= 0.3 is 0 Å². The summed E-state index contributed by atoms with van der Waals surface area (Å²) in [4.78, 5) is 37.7. The lowest BCUT2D eigenvalue weighted by Gasteiger charge is -2.16. The summed E-state index contributed by atoms with van der Waals surface area (Å²) in [5, 5.41) is 1.66. The van der Waals surface area contributed by atoms with E-state index in [1.165, 1.54) is 11.8 Å². The Bertz CT molecular complexity index is 1300. The predicted molar refractivity (Wildman–Crippen MR) is 118 cm³/mol. The van der Waals surface area contributed by atoms with E-state index in [2.05, 4.69) is 16.9 Å². The molecule has 0 unspecified atom stereocenters. The fourth-order valence-corrected chi connectivity index (χ4v) is 4.25. The van der Waals surface area contributed by atoms with Crippen LogP contribution in [0, 0.1) is 0 Å². The highest BCUT2D eigenvalue weighted by atomic mass is 32.2. The number of aromatic nitrogens is 4. The first-order valence-corrected chi connectivity index (χ1v) is 10.6. The molecule has 0 bridgehead atoms. The number of hydrogen-bond acceptors (Lipinski definition) is 5. The lowest BCUT2D eigenvalue weighted by molar-refractivity contribution is 0.557. The number of benzene rings is 2. The van der Waals surface area contributed by atoms with Crippen LogP contribution in [0.15, 0.2) is 63.3 Å². The minimum atomic E-state index is -0.173. The molecule has 1 N–H and O–H groups in total. The first-order valence-electron chi connectivity index (χ1n) is 9.73. The van der Waals surface area contributed by atoms with Crippen LogP contribution in [0.25, 0.3) is 21.8 Å². The van der Waals surface area contributed by atoms with Crippen molar-refractivity contribution in [3.05, 3.63) is 75.1 Å². The second kappa shape index (κ2) is 8.21. The smallest absolute Gasteiger partial charge is 0.262 e. The van der Waals surface area contributed by atoms with Gasteiger partial charge in [-0.1, -0.05) is 49.4 Å². The Kier molecular flexibility index (Phi) is 5.49. The third-order valence-electron chi connectivity index (χ3n) is 4.86. The van der Waals surface area contributed by atoms with Crippen molar-refractivity contribution in [3.8, 4) is 0 Å². The topological polar surface area (TPSA) is 80.6 Å². The molecule has 29 heavy (non-hydrogen) atoms. The first kappa shape index (κ1) is 19.4. The molecule has 148 valence electrons. The van der Waals surface area contributed by atoms with E-state index in [-0.39, 0.29) is 16.4 Å². The molecule has 0 aliphatic rings. The summed E-state index contributed by atoms with van der Waals surface area (Å²) >= 11 is 1.44. The average molecular weight is 407 g/mol. The second-order valence-corrected chi connectivity index (χ2v) is 8.26. The van der Waals surface area contributed by atoms with Gasteiger partial charge in [-0.25, -0.2) is 9.97 Å². The normalized spacial score (nSPS) is 12.5. The van der Waals surface area contributed by atoms with Crippen molar-refractivity contribution in [3.63, 3.8) is 0 Å². The molecule has 4 rings (SSSR count). The van der Waals surface area contributed by atoms with Crippen molar-refractivity contribution < 1.29 is 0 Å².